The van der Waals surface area contributed by atoms with Gasteiger partial charge in [-0.3, -0.25) is 5.43 Å². The lowest BCUT2D eigenvalue weighted by atomic mass is 9.88. The first-order valence-corrected chi connectivity index (χ1v) is 4.91. The summed E-state index contributed by atoms with van der Waals surface area (Å²) in [6, 6.07) is 0.834. The van der Waals surface area contributed by atoms with Gasteiger partial charge in [-0.05, 0) is 37.5 Å². The van der Waals surface area contributed by atoms with Crippen LogP contribution in [0.5, 0.6) is 0 Å². The molecule has 0 aromatic carbocycles. The number of nitrogens with one attached hydrogen (secondary N) is 1. The van der Waals surface area contributed by atoms with Gasteiger partial charge in [0.25, 0.3) is 0 Å². The van der Waals surface area contributed by atoms with Gasteiger partial charge in [0.1, 0.15) is 0 Å². The first-order valence-electron chi connectivity index (χ1n) is 4.91. The fourth-order valence-electron chi connectivity index (χ4n) is 3.14. The summed E-state index contributed by atoms with van der Waals surface area (Å²) in [5, 5.41) is 2.47. The van der Waals surface area contributed by atoms with Gasteiger partial charge in [-0.15, -0.1) is 0 Å². The van der Waals surface area contributed by atoms with Crippen LogP contribution in [0.4, 0.5) is 0 Å². The molecule has 4 atom stereocenters. The van der Waals surface area contributed by atoms with E-state index >= 15 is 0 Å². The third kappa shape index (κ3) is 1.00. The minimum absolute atomic E-state index is 0.834. The Bertz CT molecular complexity index is 135. The topological polar surface area (TPSA) is 15.3 Å². The van der Waals surface area contributed by atoms with Gasteiger partial charge in [-0.25, -0.2) is 5.01 Å². The Hall–Kier alpha value is -0.0800. The number of hydrogen-bond donors (Lipinski definition) is 1. The lowest BCUT2D eigenvalue weighted by Gasteiger charge is -2.41. The van der Waals surface area contributed by atoms with Crippen molar-refractivity contribution in [3.8, 4) is 0 Å². The van der Waals surface area contributed by atoms with Crippen LogP contribution >= 0.6 is 0 Å². The molecule has 4 unspecified atom stereocenters. The Labute approximate surface area is 67.9 Å². The Morgan fingerprint density at radius 3 is 2.82 bits per heavy atom. The van der Waals surface area contributed by atoms with Gasteiger partial charge >= 0.3 is 0 Å². The van der Waals surface area contributed by atoms with Gasteiger partial charge in [-0.1, -0.05) is 0 Å². The monoisotopic (exact) mass is 152 g/mol. The van der Waals surface area contributed by atoms with Gasteiger partial charge in [0, 0.05) is 19.1 Å². The number of rotatable bonds is 0. The van der Waals surface area contributed by atoms with Crippen LogP contribution in [0.2, 0.25) is 0 Å². The SMILES string of the molecule is C1CC2CC3CC1CN(C3)N2. The Morgan fingerprint density at radius 1 is 1.00 bits per heavy atom. The van der Waals surface area contributed by atoms with Crippen LogP contribution in [0.3, 0.4) is 0 Å². The average molecular weight is 152 g/mol. The van der Waals surface area contributed by atoms with Crippen LogP contribution < -0.4 is 5.43 Å². The van der Waals surface area contributed by atoms with Crippen LogP contribution in [0.25, 0.3) is 0 Å². The number of hydrazine groups is 1. The summed E-state index contributed by atoms with van der Waals surface area (Å²) >= 11 is 0. The number of nitrogens with zero attached hydrogens (tertiary/aromatic N) is 1. The van der Waals surface area contributed by atoms with Crippen molar-refractivity contribution in [2.75, 3.05) is 13.1 Å². The van der Waals surface area contributed by atoms with Crippen molar-refractivity contribution >= 4 is 0 Å². The van der Waals surface area contributed by atoms with Crippen LogP contribution in [-0.2, 0) is 0 Å². The third-order valence-electron chi connectivity index (χ3n) is 3.53. The zero-order valence-corrected chi connectivity index (χ0v) is 6.92. The average Bonchev–Trinajstić information content (AvgIpc) is 2.18. The molecule has 4 rings (SSSR count). The third-order valence-corrected chi connectivity index (χ3v) is 3.53. The van der Waals surface area contributed by atoms with Crippen molar-refractivity contribution < 1.29 is 0 Å². The highest BCUT2D eigenvalue weighted by atomic mass is 15.5. The predicted octanol–water partition coefficient (Wildman–Crippen LogP) is 0.995. The van der Waals surface area contributed by atoms with Crippen molar-refractivity contribution in [2.24, 2.45) is 11.8 Å². The molecule has 2 heteroatoms. The van der Waals surface area contributed by atoms with Gasteiger partial charge in [0.15, 0.2) is 0 Å². The van der Waals surface area contributed by atoms with Crippen molar-refractivity contribution in [3.05, 3.63) is 0 Å². The Balaban J connectivity index is 1.90. The molecule has 3 saturated heterocycles. The van der Waals surface area contributed by atoms with Crippen molar-refractivity contribution in [1.29, 1.82) is 0 Å². The number of fused-ring (bicyclic) bond motifs is 1. The summed E-state index contributed by atoms with van der Waals surface area (Å²) in [5.74, 6) is 2.05. The molecule has 1 aliphatic carbocycles. The van der Waals surface area contributed by atoms with Crippen molar-refractivity contribution in [3.63, 3.8) is 0 Å². The minimum atomic E-state index is 0.834. The van der Waals surface area contributed by atoms with Crippen LogP contribution in [-0.4, -0.2) is 24.1 Å². The van der Waals surface area contributed by atoms with Crippen LogP contribution in [0.1, 0.15) is 25.7 Å². The summed E-state index contributed by atoms with van der Waals surface area (Å²) in [5.41, 5.74) is 3.61. The van der Waals surface area contributed by atoms with E-state index in [9.17, 15) is 0 Å². The van der Waals surface area contributed by atoms with E-state index in [-0.39, 0.29) is 0 Å². The fraction of sp³-hybridized carbons (Fsp3) is 1.00. The molecule has 4 bridgehead atoms. The lowest BCUT2D eigenvalue weighted by molar-refractivity contribution is 0.0331. The lowest BCUT2D eigenvalue weighted by Crippen LogP contribution is -2.54. The largest absolute Gasteiger partial charge is 0.252 e. The first-order chi connectivity index (χ1) is 5.40. The van der Waals surface area contributed by atoms with Gasteiger partial charge < -0.3 is 0 Å². The maximum atomic E-state index is 3.61. The number of hydrogen-bond acceptors (Lipinski definition) is 2. The van der Waals surface area contributed by atoms with Crippen LogP contribution in [0, 0.1) is 11.8 Å². The highest BCUT2D eigenvalue weighted by molar-refractivity contribution is 4.90. The second kappa shape index (κ2) is 2.20. The second-order valence-corrected chi connectivity index (χ2v) is 4.51. The standard InChI is InChI=1S/C9H16N2/c1-2-9-4-8-3-7(1)5-11(6-8)10-9/h7-10H,1-6H2. The highest BCUT2D eigenvalue weighted by Crippen LogP contribution is 2.36. The predicted molar refractivity (Wildman–Crippen MR) is 43.9 cm³/mol. The first kappa shape index (κ1) is 6.44. The molecule has 0 aromatic heterocycles. The molecule has 11 heavy (non-hydrogen) atoms. The van der Waals surface area contributed by atoms with E-state index in [4.69, 9.17) is 0 Å². The quantitative estimate of drug-likeness (QED) is 0.557. The molecule has 0 spiro atoms. The van der Waals surface area contributed by atoms with Gasteiger partial charge in [0.05, 0.1) is 0 Å². The Kier molecular flexibility index (Phi) is 1.29. The molecule has 1 saturated carbocycles. The van der Waals surface area contributed by atoms with E-state index in [1.165, 1.54) is 38.8 Å². The smallest absolute Gasteiger partial charge is 0.0218 e. The zero-order valence-electron chi connectivity index (χ0n) is 6.92. The van der Waals surface area contributed by atoms with Gasteiger partial charge in [-0.2, -0.15) is 0 Å². The molecule has 0 radical (unpaired) electrons. The molecule has 62 valence electrons. The highest BCUT2D eigenvalue weighted by Gasteiger charge is 2.37. The van der Waals surface area contributed by atoms with E-state index in [0.717, 1.165) is 17.9 Å². The van der Waals surface area contributed by atoms with Gasteiger partial charge in [0.2, 0.25) is 0 Å². The normalized spacial score (nSPS) is 54.5. The molecule has 1 N–H and O–H groups in total. The molecule has 3 aliphatic heterocycles. The molecule has 3 heterocycles. The van der Waals surface area contributed by atoms with E-state index < -0.39 is 0 Å². The van der Waals surface area contributed by atoms with Crippen molar-refractivity contribution in [2.45, 2.75) is 31.7 Å². The maximum absolute atomic E-state index is 3.61. The number of piperidine rings is 1. The molecule has 0 amide bonds. The summed E-state index contributed by atoms with van der Waals surface area (Å²) in [7, 11) is 0. The van der Waals surface area contributed by atoms with E-state index in [1.54, 1.807) is 0 Å². The summed E-state index contributed by atoms with van der Waals surface area (Å²) in [6.07, 6.45) is 5.88. The molecule has 2 nitrogen and oxygen atoms in total. The minimum Gasteiger partial charge on any atom is -0.252 e. The summed E-state index contributed by atoms with van der Waals surface area (Å²) in [6.45, 7) is 2.65. The van der Waals surface area contributed by atoms with E-state index in [1.807, 2.05) is 0 Å². The van der Waals surface area contributed by atoms with Crippen LogP contribution in [0.15, 0.2) is 0 Å². The van der Waals surface area contributed by atoms with E-state index in [2.05, 4.69) is 10.4 Å². The molecule has 4 fully saturated rings. The molecular weight excluding hydrogens is 136 g/mol. The Morgan fingerprint density at radius 2 is 1.91 bits per heavy atom. The second-order valence-electron chi connectivity index (χ2n) is 4.51. The molecule has 4 aliphatic rings. The summed E-state index contributed by atoms with van der Waals surface area (Å²) < 4.78 is 0. The maximum Gasteiger partial charge on any atom is 0.0218 e. The molecule has 0 aromatic rings. The fourth-order valence-corrected chi connectivity index (χ4v) is 3.14. The van der Waals surface area contributed by atoms with E-state index in [0.29, 0.717) is 0 Å². The zero-order chi connectivity index (χ0) is 7.26. The summed E-state index contributed by atoms with van der Waals surface area (Å²) in [4.78, 5) is 0. The van der Waals surface area contributed by atoms with Crippen molar-refractivity contribution in [1.82, 2.24) is 10.4 Å². The molecular formula is C9H16N2.